The number of ether oxygens (including phenoxy) is 2. The molecule has 49 heavy (non-hydrogen) atoms. The van der Waals surface area contributed by atoms with E-state index in [0.29, 0.717) is 24.6 Å². The van der Waals surface area contributed by atoms with E-state index in [2.05, 4.69) is 24.8 Å². The fraction of sp³-hybridized carbons (Fsp3) is 0.382. The van der Waals surface area contributed by atoms with Gasteiger partial charge in [-0.05, 0) is 57.5 Å². The molecule has 5 aromatic rings. The Morgan fingerprint density at radius 1 is 1.14 bits per heavy atom. The van der Waals surface area contributed by atoms with Crippen molar-refractivity contribution in [3.63, 3.8) is 0 Å². The van der Waals surface area contributed by atoms with Crippen molar-refractivity contribution in [2.75, 3.05) is 42.7 Å². The molecular formula is C34H33ClF3N9O2. The molecule has 11 nitrogen and oxygen atoms in total. The summed E-state index contributed by atoms with van der Waals surface area (Å²) in [4.78, 5) is 26.7. The SMILES string of the molecule is C[C@H](c1cccnc1N)N1c2nc(OC[C@@]34CCCN3C[C@H](F)C4)nc3c(F)c(-c4cc(N)nc5ccc(F)c(Cl)c45)nc(c23)OC[C@@H]1C. The van der Waals surface area contributed by atoms with Crippen LogP contribution in [0, 0.1) is 11.6 Å². The van der Waals surface area contributed by atoms with Crippen molar-refractivity contribution < 1.29 is 22.6 Å². The summed E-state index contributed by atoms with van der Waals surface area (Å²) in [6, 6.07) is 6.80. The third kappa shape index (κ3) is 5.11. The number of hydrogen-bond acceptors (Lipinski definition) is 11. The Hall–Kier alpha value is -4.69. The summed E-state index contributed by atoms with van der Waals surface area (Å²) in [5, 5.41) is 0.0822. The first kappa shape index (κ1) is 31.6. The normalized spacial score (nSPS) is 22.7. The zero-order chi connectivity index (χ0) is 34.2. The zero-order valence-corrected chi connectivity index (χ0v) is 27.5. The highest BCUT2D eigenvalue weighted by atomic mass is 35.5. The molecule has 4 N–H and O–H groups in total. The minimum atomic E-state index is -0.960. The maximum absolute atomic E-state index is 17.1. The Morgan fingerprint density at radius 3 is 2.80 bits per heavy atom. The van der Waals surface area contributed by atoms with Crippen molar-refractivity contribution in [3.8, 4) is 23.1 Å². The molecule has 0 aliphatic carbocycles. The highest BCUT2D eigenvalue weighted by Gasteiger charge is 2.49. The van der Waals surface area contributed by atoms with Gasteiger partial charge in [0.1, 0.15) is 59.3 Å². The molecule has 4 atom stereocenters. The molecule has 254 valence electrons. The Bertz CT molecular complexity index is 2140. The molecule has 0 unspecified atom stereocenters. The fourth-order valence-corrected chi connectivity index (χ4v) is 8.00. The maximum Gasteiger partial charge on any atom is 0.319 e. The lowest BCUT2D eigenvalue weighted by atomic mass is 9.95. The number of benzene rings is 1. The molecule has 3 aliphatic heterocycles. The lowest BCUT2D eigenvalue weighted by Crippen LogP contribution is -2.43. The van der Waals surface area contributed by atoms with E-state index in [1.54, 1.807) is 12.3 Å². The van der Waals surface area contributed by atoms with E-state index in [9.17, 15) is 8.78 Å². The van der Waals surface area contributed by atoms with Crippen LogP contribution in [0.5, 0.6) is 11.9 Å². The molecule has 15 heteroatoms. The Labute approximate surface area is 284 Å². The molecule has 2 fully saturated rings. The van der Waals surface area contributed by atoms with E-state index in [-0.39, 0.29) is 75.0 Å². The quantitative estimate of drug-likeness (QED) is 0.215. The molecule has 1 aromatic carbocycles. The average molecular weight is 692 g/mol. The molecular weight excluding hydrogens is 659 g/mol. The molecule has 0 amide bonds. The van der Waals surface area contributed by atoms with Gasteiger partial charge in [0, 0.05) is 35.7 Å². The van der Waals surface area contributed by atoms with Crippen LogP contribution < -0.4 is 25.8 Å². The van der Waals surface area contributed by atoms with Gasteiger partial charge in [-0.25, -0.2) is 28.1 Å². The average Bonchev–Trinajstić information content (AvgIpc) is 3.56. The van der Waals surface area contributed by atoms with Crippen molar-refractivity contribution in [3.05, 3.63) is 58.7 Å². The van der Waals surface area contributed by atoms with Crippen LogP contribution in [0.15, 0.2) is 36.5 Å². The van der Waals surface area contributed by atoms with Crippen molar-refractivity contribution in [1.82, 2.24) is 29.8 Å². The zero-order valence-electron chi connectivity index (χ0n) is 26.8. The number of hydrogen-bond donors (Lipinski definition) is 2. The molecule has 0 radical (unpaired) electrons. The lowest BCUT2D eigenvalue weighted by Gasteiger charge is -2.35. The van der Waals surface area contributed by atoms with Gasteiger partial charge >= 0.3 is 6.01 Å². The van der Waals surface area contributed by atoms with Crippen LogP contribution in [0.3, 0.4) is 0 Å². The van der Waals surface area contributed by atoms with E-state index in [1.807, 2.05) is 24.8 Å². The molecule has 8 rings (SSSR count). The van der Waals surface area contributed by atoms with Crippen LogP contribution in [-0.4, -0.2) is 73.9 Å². The topological polar surface area (TPSA) is 141 Å². The molecule has 0 saturated carbocycles. The summed E-state index contributed by atoms with van der Waals surface area (Å²) in [5.74, 6) is -0.807. The van der Waals surface area contributed by atoms with Crippen molar-refractivity contribution in [2.45, 2.75) is 56.9 Å². The second kappa shape index (κ2) is 11.7. The van der Waals surface area contributed by atoms with Gasteiger partial charge in [-0.3, -0.25) is 4.90 Å². The Morgan fingerprint density at radius 2 is 1.98 bits per heavy atom. The Kier molecular flexibility index (Phi) is 7.56. The first-order chi connectivity index (χ1) is 23.5. The number of halogens is 4. The number of fused-ring (bicyclic) bond motifs is 2. The predicted octanol–water partition coefficient (Wildman–Crippen LogP) is 6.03. The second-order valence-electron chi connectivity index (χ2n) is 13.1. The predicted molar refractivity (Wildman–Crippen MR) is 180 cm³/mol. The standard InChI is InChI=1S/C34H33ClF3N9O2/c1-16-14-48-32-25-29(27(38)28(43-32)20-11-23(39)42-22-7-6-21(37)26(35)24(20)22)44-33(49-15-34-8-4-10-46(34)13-18(36)12-34)45-31(25)47(16)17(2)19-5-3-9-41-30(19)40/h3,5-7,9,11,16-18H,4,8,10,12-15H2,1-2H3,(H2,39,42)(H2,40,41)/t16-,17+,18+,34-/m0/s1. The highest BCUT2D eigenvalue weighted by molar-refractivity contribution is 6.36. The third-order valence-corrected chi connectivity index (χ3v) is 10.4. The number of nitrogen functional groups attached to an aromatic ring is 2. The van der Waals surface area contributed by atoms with Gasteiger partial charge < -0.3 is 25.8 Å². The van der Waals surface area contributed by atoms with Crippen LogP contribution in [0.2, 0.25) is 5.02 Å². The van der Waals surface area contributed by atoms with Crippen LogP contribution >= 0.6 is 11.6 Å². The van der Waals surface area contributed by atoms with E-state index < -0.39 is 29.4 Å². The van der Waals surface area contributed by atoms with Gasteiger partial charge in [-0.1, -0.05) is 17.7 Å². The molecule has 4 aromatic heterocycles. The van der Waals surface area contributed by atoms with Crippen LogP contribution in [0.25, 0.3) is 33.1 Å². The summed E-state index contributed by atoms with van der Waals surface area (Å²) in [6.45, 7) is 5.27. The number of pyridine rings is 3. The smallest absolute Gasteiger partial charge is 0.319 e. The molecule has 0 bridgehead atoms. The third-order valence-electron chi connectivity index (χ3n) is 10.0. The molecule has 0 spiro atoms. The van der Waals surface area contributed by atoms with Gasteiger partial charge in [0.15, 0.2) is 5.82 Å². The van der Waals surface area contributed by atoms with Crippen LogP contribution in [0.1, 0.15) is 44.7 Å². The summed E-state index contributed by atoms with van der Waals surface area (Å²) in [6.07, 6.45) is 2.67. The highest BCUT2D eigenvalue weighted by Crippen LogP contribution is 2.46. The fourth-order valence-electron chi connectivity index (χ4n) is 7.74. The van der Waals surface area contributed by atoms with Crippen LogP contribution in [0.4, 0.5) is 30.6 Å². The van der Waals surface area contributed by atoms with Gasteiger partial charge in [-0.2, -0.15) is 9.97 Å². The first-order valence-electron chi connectivity index (χ1n) is 16.1. The van der Waals surface area contributed by atoms with Gasteiger partial charge in [0.05, 0.1) is 28.2 Å². The molecule has 2 saturated heterocycles. The number of aromatic nitrogens is 5. The number of rotatable bonds is 6. The van der Waals surface area contributed by atoms with Gasteiger partial charge in [-0.15, -0.1) is 0 Å². The van der Waals surface area contributed by atoms with Gasteiger partial charge in [0.25, 0.3) is 0 Å². The summed E-state index contributed by atoms with van der Waals surface area (Å²) >= 11 is 6.43. The number of nitrogens with two attached hydrogens (primary N) is 2. The first-order valence-corrected chi connectivity index (χ1v) is 16.5. The van der Waals surface area contributed by atoms with Crippen LogP contribution in [-0.2, 0) is 0 Å². The van der Waals surface area contributed by atoms with E-state index in [1.165, 1.54) is 12.1 Å². The van der Waals surface area contributed by atoms with Gasteiger partial charge in [0.2, 0.25) is 5.88 Å². The lowest BCUT2D eigenvalue weighted by molar-refractivity contribution is 0.107. The van der Waals surface area contributed by atoms with E-state index in [4.69, 9.17) is 37.5 Å². The monoisotopic (exact) mass is 691 g/mol. The van der Waals surface area contributed by atoms with Crippen molar-refractivity contribution in [2.24, 2.45) is 0 Å². The largest absolute Gasteiger partial charge is 0.475 e. The molecule has 7 heterocycles. The Balaban J connectivity index is 1.35. The van der Waals surface area contributed by atoms with Crippen molar-refractivity contribution in [1.29, 1.82) is 0 Å². The van der Waals surface area contributed by atoms with E-state index >= 15 is 4.39 Å². The second-order valence-corrected chi connectivity index (χ2v) is 13.4. The number of anilines is 3. The maximum atomic E-state index is 17.1. The van der Waals surface area contributed by atoms with E-state index in [0.717, 1.165) is 31.0 Å². The summed E-state index contributed by atoms with van der Waals surface area (Å²) < 4.78 is 59.0. The number of alkyl halides is 1. The minimum absolute atomic E-state index is 0.0523. The summed E-state index contributed by atoms with van der Waals surface area (Å²) in [7, 11) is 0. The summed E-state index contributed by atoms with van der Waals surface area (Å²) in [5.41, 5.74) is 12.7. The van der Waals surface area contributed by atoms with Crippen molar-refractivity contribution >= 4 is 50.9 Å². The molecule has 3 aliphatic rings. The number of nitrogens with zero attached hydrogens (tertiary/aromatic N) is 7. The minimum Gasteiger partial charge on any atom is -0.475 e.